The summed E-state index contributed by atoms with van der Waals surface area (Å²) in [5, 5.41) is 3.14. The topological polar surface area (TPSA) is 96.0 Å². The van der Waals surface area contributed by atoms with Crippen molar-refractivity contribution in [3.63, 3.8) is 0 Å². The van der Waals surface area contributed by atoms with E-state index in [0.717, 1.165) is 65.6 Å². The maximum Gasteiger partial charge on any atom is 0.416 e. The maximum atomic E-state index is 14.0. The third-order valence-electron chi connectivity index (χ3n) is 8.07. The lowest BCUT2D eigenvalue weighted by Gasteiger charge is -2.33. The second-order valence-electron chi connectivity index (χ2n) is 11.6. The Kier molecular flexibility index (Phi) is 11.7. The first-order valence-corrected chi connectivity index (χ1v) is 17.1. The summed E-state index contributed by atoms with van der Waals surface area (Å²) in [4.78, 5) is 29.4. The van der Waals surface area contributed by atoms with Crippen molar-refractivity contribution in [1.29, 1.82) is 0 Å². The van der Waals surface area contributed by atoms with Crippen molar-refractivity contribution in [3.05, 3.63) is 95.6 Å². The minimum Gasteiger partial charge on any atom is -0.497 e. The molecule has 3 aromatic carbocycles. The van der Waals surface area contributed by atoms with E-state index in [-0.39, 0.29) is 55.9 Å². The summed E-state index contributed by atoms with van der Waals surface area (Å²) >= 11 is 0. The molecule has 1 saturated carbocycles. The van der Waals surface area contributed by atoms with Gasteiger partial charge in [-0.05, 0) is 60.7 Å². The van der Waals surface area contributed by atoms with Crippen LogP contribution in [0.5, 0.6) is 5.75 Å². The molecule has 1 fully saturated rings. The van der Waals surface area contributed by atoms with Crippen LogP contribution in [0.15, 0.2) is 78.9 Å². The van der Waals surface area contributed by atoms with E-state index < -0.39 is 27.8 Å². The monoisotopic (exact) mass is 659 g/mol. The molecule has 4 rings (SSSR count). The number of benzene rings is 3. The molecule has 46 heavy (non-hydrogen) atoms. The molecule has 1 aliphatic rings. The Morgan fingerprint density at radius 2 is 1.63 bits per heavy atom. The van der Waals surface area contributed by atoms with Crippen LogP contribution in [-0.4, -0.2) is 57.1 Å². The number of nitrogens with zero attached hydrogens (tertiary/aromatic N) is 2. The van der Waals surface area contributed by atoms with Gasteiger partial charge in [0.25, 0.3) is 0 Å². The summed E-state index contributed by atoms with van der Waals surface area (Å²) in [5.41, 5.74) is 0.485. The first-order valence-electron chi connectivity index (χ1n) is 15.3. The predicted octanol–water partition coefficient (Wildman–Crippen LogP) is 5.96. The molecule has 1 atom stereocenters. The van der Waals surface area contributed by atoms with Crippen LogP contribution in [-0.2, 0) is 38.8 Å². The number of sulfonamides is 1. The van der Waals surface area contributed by atoms with E-state index in [1.807, 2.05) is 36.4 Å². The molecule has 0 aromatic heterocycles. The van der Waals surface area contributed by atoms with Gasteiger partial charge in [-0.3, -0.25) is 13.9 Å². The van der Waals surface area contributed by atoms with Gasteiger partial charge >= 0.3 is 6.18 Å². The van der Waals surface area contributed by atoms with Crippen molar-refractivity contribution in [2.75, 3.05) is 24.2 Å². The number of carbonyl (C=O) groups is 2. The van der Waals surface area contributed by atoms with Crippen LogP contribution in [0, 0.1) is 0 Å². The Morgan fingerprint density at radius 3 is 2.28 bits per heavy atom. The summed E-state index contributed by atoms with van der Waals surface area (Å²) in [7, 11) is -2.44. The fourth-order valence-corrected chi connectivity index (χ4v) is 6.69. The van der Waals surface area contributed by atoms with Gasteiger partial charge in [-0.1, -0.05) is 61.4 Å². The van der Waals surface area contributed by atoms with Gasteiger partial charge < -0.3 is 15.0 Å². The number of hydrogen-bond donors (Lipinski definition) is 1. The van der Waals surface area contributed by atoms with E-state index in [2.05, 4.69) is 5.32 Å². The van der Waals surface area contributed by atoms with Gasteiger partial charge in [0, 0.05) is 32.0 Å². The summed E-state index contributed by atoms with van der Waals surface area (Å²) in [5.74, 6) is -0.0682. The molecule has 0 bridgehead atoms. The third-order valence-corrected chi connectivity index (χ3v) is 9.27. The zero-order valence-corrected chi connectivity index (χ0v) is 26.8. The average molecular weight is 660 g/mol. The van der Waals surface area contributed by atoms with Crippen LogP contribution < -0.4 is 14.4 Å². The number of rotatable bonds is 14. The Hall–Kier alpha value is -4.06. The number of halogens is 3. The smallest absolute Gasteiger partial charge is 0.416 e. The molecule has 0 saturated heterocycles. The van der Waals surface area contributed by atoms with Gasteiger partial charge in [0.15, 0.2) is 0 Å². The number of alkyl halides is 3. The van der Waals surface area contributed by atoms with Crippen LogP contribution in [0.2, 0.25) is 0 Å². The van der Waals surface area contributed by atoms with Crippen LogP contribution in [0.25, 0.3) is 0 Å². The van der Waals surface area contributed by atoms with Gasteiger partial charge in [-0.25, -0.2) is 8.42 Å². The van der Waals surface area contributed by atoms with Gasteiger partial charge in [0.1, 0.15) is 11.8 Å². The Balaban J connectivity index is 1.61. The fraction of sp³-hybridized carbons (Fsp3) is 0.412. The average Bonchev–Trinajstić information content (AvgIpc) is 3.53. The molecule has 1 aliphatic carbocycles. The third kappa shape index (κ3) is 9.72. The highest BCUT2D eigenvalue weighted by Gasteiger charge is 2.33. The minimum atomic E-state index is -4.65. The number of methoxy groups -OCH3 is 1. The summed E-state index contributed by atoms with van der Waals surface area (Å²) in [6, 6.07) is 19.8. The lowest BCUT2D eigenvalue weighted by atomic mass is 10.0. The number of nitrogens with one attached hydrogen (secondary N) is 1. The van der Waals surface area contributed by atoms with E-state index in [1.165, 1.54) is 18.1 Å². The second kappa shape index (κ2) is 15.5. The molecule has 0 spiro atoms. The lowest BCUT2D eigenvalue weighted by molar-refractivity contribution is -0.141. The van der Waals surface area contributed by atoms with Crippen molar-refractivity contribution in [2.24, 2.45) is 0 Å². The molecule has 0 aliphatic heterocycles. The predicted molar refractivity (Wildman–Crippen MR) is 171 cm³/mol. The quantitative estimate of drug-likeness (QED) is 0.231. The standard InChI is InChI=1S/C34H40F3N3O5S/c1-45-30-18-8-13-26(21-30)24-39(31(22-25-11-4-3-5-12-25)33(42)38-28-15-6-7-16-28)32(41)19-10-20-40(46(2,43)44)29-17-9-14-27(23-29)34(35,36)37/h3-5,8-9,11-14,17-18,21,23,28,31H,6-7,10,15-16,19-20,22,24H2,1-2H3,(H,38,42)/t31-/m0/s1. The summed E-state index contributed by atoms with van der Waals surface area (Å²) in [6.07, 6.45) is 0.156. The number of carbonyl (C=O) groups excluding carboxylic acids is 2. The molecule has 3 aromatic rings. The van der Waals surface area contributed by atoms with Crippen LogP contribution in [0.3, 0.4) is 0 Å². The highest BCUT2D eigenvalue weighted by Crippen LogP contribution is 2.32. The first-order chi connectivity index (χ1) is 21.8. The van der Waals surface area contributed by atoms with Crippen LogP contribution in [0.4, 0.5) is 18.9 Å². The molecule has 248 valence electrons. The number of anilines is 1. The van der Waals surface area contributed by atoms with Gasteiger partial charge in [0.2, 0.25) is 21.8 Å². The Morgan fingerprint density at radius 1 is 0.957 bits per heavy atom. The lowest BCUT2D eigenvalue weighted by Crippen LogP contribution is -2.52. The van der Waals surface area contributed by atoms with E-state index in [4.69, 9.17) is 4.74 Å². The van der Waals surface area contributed by atoms with Crippen molar-refractivity contribution >= 4 is 27.5 Å². The molecule has 0 unspecified atom stereocenters. The van der Waals surface area contributed by atoms with E-state index >= 15 is 0 Å². The number of amides is 2. The fourth-order valence-electron chi connectivity index (χ4n) is 5.73. The molecular formula is C34H40F3N3O5S. The minimum absolute atomic E-state index is 0.0130. The van der Waals surface area contributed by atoms with E-state index in [1.54, 1.807) is 18.2 Å². The van der Waals surface area contributed by atoms with Crippen LogP contribution in [0.1, 0.15) is 55.2 Å². The molecule has 2 amide bonds. The van der Waals surface area contributed by atoms with Crippen molar-refractivity contribution < 1.29 is 35.9 Å². The summed E-state index contributed by atoms with van der Waals surface area (Å²) < 4.78 is 71.7. The molecule has 0 radical (unpaired) electrons. The number of hydrogen-bond acceptors (Lipinski definition) is 5. The van der Waals surface area contributed by atoms with Gasteiger partial charge in [0.05, 0.1) is 24.6 Å². The van der Waals surface area contributed by atoms with Crippen LogP contribution >= 0.6 is 0 Å². The Bertz CT molecular complexity index is 1580. The molecule has 12 heteroatoms. The largest absolute Gasteiger partial charge is 0.497 e. The highest BCUT2D eigenvalue weighted by atomic mass is 32.2. The first kappa shape index (κ1) is 34.8. The zero-order chi connectivity index (χ0) is 33.3. The zero-order valence-electron chi connectivity index (χ0n) is 26.0. The van der Waals surface area contributed by atoms with Gasteiger partial charge in [-0.15, -0.1) is 0 Å². The maximum absolute atomic E-state index is 14.0. The Labute approximate surface area is 268 Å². The van der Waals surface area contributed by atoms with Crippen molar-refractivity contribution in [1.82, 2.24) is 10.2 Å². The second-order valence-corrected chi connectivity index (χ2v) is 13.5. The molecular weight excluding hydrogens is 619 g/mol. The summed E-state index contributed by atoms with van der Waals surface area (Å²) in [6.45, 7) is -0.133. The molecule has 1 N–H and O–H groups in total. The van der Waals surface area contributed by atoms with Crippen molar-refractivity contribution in [3.8, 4) is 5.75 Å². The van der Waals surface area contributed by atoms with E-state index in [9.17, 15) is 31.2 Å². The molecule has 0 heterocycles. The normalized spacial score (nSPS) is 14.5. The highest BCUT2D eigenvalue weighted by molar-refractivity contribution is 7.92. The van der Waals surface area contributed by atoms with Crippen molar-refractivity contribution in [2.45, 2.75) is 69.8 Å². The van der Waals surface area contributed by atoms with E-state index in [0.29, 0.717) is 5.75 Å². The SMILES string of the molecule is COc1cccc(CN(C(=O)CCCN(c2cccc(C(F)(F)F)c2)S(C)(=O)=O)[C@@H](Cc2ccccc2)C(=O)NC2CCCC2)c1. The van der Waals surface area contributed by atoms with Gasteiger partial charge in [-0.2, -0.15) is 13.2 Å². The number of ether oxygens (including phenoxy) is 1. The molecule has 8 nitrogen and oxygen atoms in total.